The molecule has 0 unspecified atom stereocenters. The third kappa shape index (κ3) is 4.79. The van der Waals surface area contributed by atoms with Gasteiger partial charge in [-0.3, -0.25) is 4.79 Å². The Hall–Kier alpha value is -1.46. The number of aliphatic hydroxyl groups is 1. The quantitative estimate of drug-likeness (QED) is 0.811. The first-order valence-corrected chi connectivity index (χ1v) is 7.03. The third-order valence-electron chi connectivity index (χ3n) is 3.21. The van der Waals surface area contributed by atoms with E-state index in [9.17, 15) is 4.79 Å². The molecule has 0 bridgehead atoms. The van der Waals surface area contributed by atoms with Gasteiger partial charge in [0.1, 0.15) is 0 Å². The Morgan fingerprint density at radius 2 is 2.00 bits per heavy atom. The van der Waals surface area contributed by atoms with Gasteiger partial charge in [-0.2, -0.15) is 0 Å². The molecule has 5 nitrogen and oxygen atoms in total. The fraction of sp³-hybridized carbons (Fsp3) is 0.533. The van der Waals surface area contributed by atoms with Crippen molar-refractivity contribution in [2.45, 2.75) is 20.3 Å². The number of methoxy groups -OCH3 is 2. The summed E-state index contributed by atoms with van der Waals surface area (Å²) in [4.78, 5) is 12.2. The maximum absolute atomic E-state index is 12.2. The molecule has 2 N–H and O–H groups in total. The Kier molecular flexibility index (Phi) is 6.30. The van der Waals surface area contributed by atoms with Gasteiger partial charge in [0.15, 0.2) is 11.5 Å². The van der Waals surface area contributed by atoms with Gasteiger partial charge in [-0.1, -0.05) is 25.4 Å². The van der Waals surface area contributed by atoms with Crippen molar-refractivity contribution in [3.63, 3.8) is 0 Å². The van der Waals surface area contributed by atoms with E-state index in [2.05, 4.69) is 5.32 Å². The van der Waals surface area contributed by atoms with Crippen molar-refractivity contribution in [1.82, 2.24) is 5.32 Å². The van der Waals surface area contributed by atoms with Crippen molar-refractivity contribution in [2.75, 3.05) is 27.4 Å². The smallest absolute Gasteiger partial charge is 0.251 e. The van der Waals surface area contributed by atoms with Crippen molar-refractivity contribution in [3.05, 3.63) is 22.7 Å². The topological polar surface area (TPSA) is 67.8 Å². The Morgan fingerprint density at radius 3 is 2.52 bits per heavy atom. The summed E-state index contributed by atoms with van der Waals surface area (Å²) in [6.07, 6.45) is 0.611. The highest BCUT2D eigenvalue weighted by atomic mass is 35.5. The minimum atomic E-state index is -0.246. The zero-order valence-corrected chi connectivity index (χ0v) is 13.6. The summed E-state index contributed by atoms with van der Waals surface area (Å²) in [6, 6.07) is 3.12. The second-order valence-electron chi connectivity index (χ2n) is 5.51. The summed E-state index contributed by atoms with van der Waals surface area (Å²) >= 11 is 6.08. The molecule has 0 saturated carbocycles. The minimum Gasteiger partial charge on any atom is -0.493 e. The van der Waals surface area contributed by atoms with Gasteiger partial charge in [0.05, 0.1) is 19.2 Å². The van der Waals surface area contributed by atoms with Crippen LogP contribution in [0, 0.1) is 5.41 Å². The molecule has 1 aromatic carbocycles. The molecule has 0 radical (unpaired) electrons. The highest BCUT2D eigenvalue weighted by Crippen LogP contribution is 2.36. The predicted octanol–water partition coefficient (Wildman–Crippen LogP) is 2.50. The van der Waals surface area contributed by atoms with Gasteiger partial charge in [0.25, 0.3) is 5.91 Å². The highest BCUT2D eigenvalue weighted by Gasteiger charge is 2.20. The first-order valence-electron chi connectivity index (χ1n) is 6.65. The van der Waals surface area contributed by atoms with E-state index in [0.717, 1.165) is 0 Å². The molecule has 6 heteroatoms. The van der Waals surface area contributed by atoms with Crippen LogP contribution in [0.4, 0.5) is 0 Å². The van der Waals surface area contributed by atoms with E-state index in [1.54, 1.807) is 6.07 Å². The van der Waals surface area contributed by atoms with E-state index in [4.69, 9.17) is 26.2 Å². The van der Waals surface area contributed by atoms with Crippen molar-refractivity contribution in [2.24, 2.45) is 5.41 Å². The van der Waals surface area contributed by atoms with Crippen LogP contribution in [0.1, 0.15) is 30.6 Å². The van der Waals surface area contributed by atoms with Crippen molar-refractivity contribution in [3.8, 4) is 11.5 Å². The van der Waals surface area contributed by atoms with Gasteiger partial charge in [0.2, 0.25) is 0 Å². The van der Waals surface area contributed by atoms with Gasteiger partial charge in [-0.05, 0) is 24.0 Å². The molecule has 21 heavy (non-hydrogen) atoms. The van der Waals surface area contributed by atoms with Crippen molar-refractivity contribution >= 4 is 17.5 Å². The number of carbonyl (C=O) groups excluding carboxylic acids is 1. The van der Waals surface area contributed by atoms with Crippen LogP contribution < -0.4 is 14.8 Å². The van der Waals surface area contributed by atoms with Crippen LogP contribution in [0.2, 0.25) is 5.02 Å². The Morgan fingerprint density at radius 1 is 1.33 bits per heavy atom. The molecule has 0 spiro atoms. The summed E-state index contributed by atoms with van der Waals surface area (Å²) in [6.45, 7) is 4.50. The summed E-state index contributed by atoms with van der Waals surface area (Å²) in [5.41, 5.74) is 0.225. The Balaban J connectivity index is 2.86. The maximum Gasteiger partial charge on any atom is 0.251 e. The number of nitrogens with one attached hydrogen (secondary N) is 1. The SMILES string of the molecule is COc1cc(C(=O)NCC(C)(C)CCO)cc(Cl)c1OC. The first-order chi connectivity index (χ1) is 9.84. The molecule has 1 rings (SSSR count). The summed E-state index contributed by atoms with van der Waals surface area (Å²) in [7, 11) is 2.97. The normalized spacial score (nSPS) is 11.1. The van der Waals surface area contributed by atoms with Gasteiger partial charge >= 0.3 is 0 Å². The number of ether oxygens (including phenoxy) is 2. The molecule has 0 aliphatic heterocycles. The minimum absolute atomic E-state index is 0.0884. The lowest BCUT2D eigenvalue weighted by molar-refractivity contribution is 0.0928. The van der Waals surface area contributed by atoms with E-state index >= 15 is 0 Å². The lowest BCUT2D eigenvalue weighted by Crippen LogP contribution is -2.34. The fourth-order valence-electron chi connectivity index (χ4n) is 1.86. The Labute approximate surface area is 130 Å². The van der Waals surface area contributed by atoms with Gasteiger partial charge in [0, 0.05) is 18.7 Å². The number of hydrogen-bond donors (Lipinski definition) is 2. The lowest BCUT2D eigenvalue weighted by Gasteiger charge is -2.24. The molecule has 0 aliphatic carbocycles. The molecule has 0 heterocycles. The molecule has 118 valence electrons. The number of hydrogen-bond acceptors (Lipinski definition) is 4. The molecule has 0 aliphatic rings. The van der Waals surface area contributed by atoms with E-state index < -0.39 is 0 Å². The highest BCUT2D eigenvalue weighted by molar-refractivity contribution is 6.32. The third-order valence-corrected chi connectivity index (χ3v) is 3.49. The van der Waals surface area contributed by atoms with Crippen molar-refractivity contribution < 1.29 is 19.4 Å². The molecule has 0 atom stereocenters. The number of amides is 1. The van der Waals surface area contributed by atoms with Crippen molar-refractivity contribution in [1.29, 1.82) is 0 Å². The second kappa shape index (κ2) is 7.52. The number of aliphatic hydroxyl groups excluding tert-OH is 1. The number of rotatable bonds is 7. The van der Waals surface area contributed by atoms with Crippen LogP contribution in [0.5, 0.6) is 11.5 Å². The van der Waals surface area contributed by atoms with Crippen LogP contribution in [0.25, 0.3) is 0 Å². The largest absolute Gasteiger partial charge is 0.493 e. The van der Waals surface area contributed by atoms with E-state index in [0.29, 0.717) is 35.1 Å². The summed E-state index contributed by atoms with van der Waals surface area (Å²) in [5.74, 6) is 0.560. The van der Waals surface area contributed by atoms with Crippen LogP contribution >= 0.6 is 11.6 Å². The summed E-state index contributed by atoms with van der Waals surface area (Å²) < 4.78 is 10.3. The molecule has 0 saturated heterocycles. The molecule has 1 aromatic rings. The predicted molar refractivity (Wildman–Crippen MR) is 82.4 cm³/mol. The maximum atomic E-state index is 12.2. The summed E-state index contributed by atoms with van der Waals surface area (Å²) in [5, 5.41) is 12.1. The van der Waals surface area contributed by atoms with Crippen LogP contribution in [-0.2, 0) is 0 Å². The average molecular weight is 316 g/mol. The van der Waals surface area contributed by atoms with Crippen LogP contribution in [0.3, 0.4) is 0 Å². The molecule has 0 fully saturated rings. The standard InChI is InChI=1S/C15H22ClNO4/c1-15(2,5-6-18)9-17-14(19)10-7-11(16)13(21-4)12(8-10)20-3/h7-8,18H,5-6,9H2,1-4H3,(H,17,19). The van der Waals surface area contributed by atoms with Crippen LogP contribution in [-0.4, -0.2) is 38.4 Å². The van der Waals surface area contributed by atoms with Gasteiger partial charge in [-0.25, -0.2) is 0 Å². The molecular weight excluding hydrogens is 294 g/mol. The lowest BCUT2D eigenvalue weighted by atomic mass is 9.89. The van der Waals surface area contributed by atoms with E-state index in [1.165, 1.54) is 20.3 Å². The first kappa shape index (κ1) is 17.6. The zero-order chi connectivity index (χ0) is 16.0. The molecule has 0 aromatic heterocycles. The van der Waals surface area contributed by atoms with E-state index in [-0.39, 0.29) is 17.9 Å². The number of benzene rings is 1. The number of carbonyl (C=O) groups is 1. The second-order valence-corrected chi connectivity index (χ2v) is 5.92. The molecular formula is C15H22ClNO4. The van der Waals surface area contributed by atoms with Crippen LogP contribution in [0.15, 0.2) is 12.1 Å². The van der Waals surface area contributed by atoms with Gasteiger partial charge < -0.3 is 19.9 Å². The van der Waals surface area contributed by atoms with Gasteiger partial charge in [-0.15, -0.1) is 0 Å². The monoisotopic (exact) mass is 315 g/mol. The Bertz CT molecular complexity index is 503. The fourth-order valence-corrected chi connectivity index (χ4v) is 2.15. The zero-order valence-electron chi connectivity index (χ0n) is 12.8. The number of halogens is 1. The van der Waals surface area contributed by atoms with E-state index in [1.807, 2.05) is 13.8 Å². The average Bonchev–Trinajstić information content (AvgIpc) is 2.43. The molecule has 1 amide bonds.